The zero-order valence-corrected chi connectivity index (χ0v) is 31.6. The van der Waals surface area contributed by atoms with Crippen LogP contribution in [0.25, 0.3) is 0 Å². The predicted molar refractivity (Wildman–Crippen MR) is 200 cm³/mol. The lowest BCUT2D eigenvalue weighted by Crippen LogP contribution is -2.67. The van der Waals surface area contributed by atoms with Crippen LogP contribution in [0, 0.1) is 12.7 Å². The van der Waals surface area contributed by atoms with Crippen LogP contribution in [0.5, 0.6) is 11.5 Å². The minimum atomic E-state index is -2.93. The Balaban J connectivity index is 1.38. The van der Waals surface area contributed by atoms with Crippen LogP contribution in [0.3, 0.4) is 0 Å². The van der Waals surface area contributed by atoms with E-state index in [0.717, 1.165) is 15.9 Å². The van der Waals surface area contributed by atoms with Crippen molar-refractivity contribution in [2.24, 2.45) is 0 Å². The normalized spacial score (nSPS) is 16.7. The first-order valence-corrected chi connectivity index (χ1v) is 19.4. The van der Waals surface area contributed by atoms with E-state index in [2.05, 4.69) is 45.0 Å². The molecule has 5 rings (SSSR count). The molecule has 1 fully saturated rings. The van der Waals surface area contributed by atoms with Crippen LogP contribution in [0.1, 0.15) is 55.6 Å². The minimum absolute atomic E-state index is 0.0276. The van der Waals surface area contributed by atoms with Gasteiger partial charge >= 0.3 is 12.1 Å². The number of benzene rings is 4. The number of hydrogen-bond acceptors (Lipinski definition) is 7. The lowest BCUT2D eigenvalue weighted by Gasteiger charge is -2.43. The highest BCUT2D eigenvalue weighted by molar-refractivity contribution is 6.99. The lowest BCUT2D eigenvalue weighted by atomic mass is 10.1. The van der Waals surface area contributed by atoms with Crippen LogP contribution in [0.4, 0.5) is 9.18 Å². The molecule has 1 heterocycles. The van der Waals surface area contributed by atoms with Gasteiger partial charge in [0.25, 0.3) is 8.32 Å². The summed E-state index contributed by atoms with van der Waals surface area (Å²) in [5.74, 6) is -1.87. The summed E-state index contributed by atoms with van der Waals surface area (Å²) in [6.45, 7) is 10.3. The van der Waals surface area contributed by atoms with Crippen LogP contribution in [0.2, 0.25) is 5.04 Å². The van der Waals surface area contributed by atoms with E-state index >= 15 is 4.39 Å². The molecule has 0 saturated carbocycles. The maximum Gasteiger partial charge on any atom is 0.407 e. The topological polar surface area (TPSA) is 104 Å². The van der Waals surface area contributed by atoms with Gasteiger partial charge in [0, 0.05) is 0 Å². The Morgan fingerprint density at radius 1 is 0.962 bits per heavy atom. The number of hydrogen-bond donors (Lipinski definition) is 1. The van der Waals surface area contributed by atoms with E-state index < -0.39 is 38.3 Å². The lowest BCUT2D eigenvalue weighted by molar-refractivity contribution is 0.0464. The van der Waals surface area contributed by atoms with Crippen LogP contribution in [0.15, 0.2) is 97.1 Å². The molecule has 0 aromatic heterocycles. The highest BCUT2D eigenvalue weighted by atomic mass is 28.4. The van der Waals surface area contributed by atoms with Gasteiger partial charge in [0.2, 0.25) is 0 Å². The van der Waals surface area contributed by atoms with Crippen LogP contribution in [-0.4, -0.2) is 75.5 Å². The van der Waals surface area contributed by atoms with E-state index in [1.807, 2.05) is 66.7 Å². The molecule has 276 valence electrons. The molecule has 1 aliphatic rings. The Labute approximate surface area is 306 Å². The van der Waals surface area contributed by atoms with Gasteiger partial charge in [-0.3, -0.25) is 4.90 Å². The molecule has 0 radical (unpaired) electrons. The molecule has 1 saturated heterocycles. The second-order valence-corrected chi connectivity index (χ2v) is 18.5. The third-order valence-corrected chi connectivity index (χ3v) is 14.4. The van der Waals surface area contributed by atoms with Crippen molar-refractivity contribution in [3.05, 3.63) is 120 Å². The third kappa shape index (κ3) is 8.49. The van der Waals surface area contributed by atoms with Crippen molar-refractivity contribution in [2.75, 3.05) is 26.9 Å². The molecule has 4 aromatic carbocycles. The number of halogens is 1. The molecule has 3 atom stereocenters. The van der Waals surface area contributed by atoms with Crippen molar-refractivity contribution in [1.29, 1.82) is 0 Å². The van der Waals surface area contributed by atoms with Gasteiger partial charge in [-0.25, -0.2) is 14.0 Å². The zero-order valence-electron chi connectivity index (χ0n) is 30.6. The fourth-order valence-electron chi connectivity index (χ4n) is 6.85. The van der Waals surface area contributed by atoms with Crippen molar-refractivity contribution >= 4 is 30.8 Å². The molecule has 9 nitrogen and oxygen atoms in total. The summed E-state index contributed by atoms with van der Waals surface area (Å²) in [4.78, 5) is 26.7. The van der Waals surface area contributed by atoms with Crippen molar-refractivity contribution in [1.82, 2.24) is 4.90 Å². The molecule has 52 heavy (non-hydrogen) atoms. The summed E-state index contributed by atoms with van der Waals surface area (Å²) in [5.41, 5.74) is 0.940. The maximum absolute atomic E-state index is 16.0. The number of carbonyl (C=O) groups is 2. The minimum Gasteiger partial charge on any atom is -0.490 e. The number of esters is 1. The maximum atomic E-state index is 16.0. The molecule has 0 bridgehead atoms. The Morgan fingerprint density at radius 2 is 1.54 bits per heavy atom. The largest absolute Gasteiger partial charge is 0.490 e. The number of ether oxygens (including phenoxy) is 4. The first-order chi connectivity index (χ1) is 24.9. The second-order valence-electron chi connectivity index (χ2n) is 14.2. The molecular formula is C41H48FNO8Si. The Morgan fingerprint density at radius 3 is 2.08 bits per heavy atom. The van der Waals surface area contributed by atoms with Gasteiger partial charge in [-0.15, -0.1) is 0 Å². The van der Waals surface area contributed by atoms with Crippen molar-refractivity contribution in [3.8, 4) is 11.5 Å². The molecule has 1 aliphatic heterocycles. The average Bonchev–Trinajstić information content (AvgIpc) is 3.56. The van der Waals surface area contributed by atoms with Gasteiger partial charge in [-0.1, -0.05) is 112 Å². The zero-order chi connectivity index (χ0) is 37.5. The van der Waals surface area contributed by atoms with Gasteiger partial charge in [0.05, 0.1) is 39.0 Å². The number of rotatable bonds is 14. The molecule has 0 spiro atoms. The predicted octanol–water partition coefficient (Wildman–Crippen LogP) is 6.98. The van der Waals surface area contributed by atoms with E-state index in [9.17, 15) is 14.7 Å². The molecular weight excluding hydrogens is 682 g/mol. The number of methoxy groups -OCH3 is 1. The summed E-state index contributed by atoms with van der Waals surface area (Å²) >= 11 is 0. The van der Waals surface area contributed by atoms with E-state index in [1.54, 1.807) is 13.8 Å². The number of amides is 1. The van der Waals surface area contributed by atoms with E-state index in [-0.39, 0.29) is 53.5 Å². The molecule has 11 heteroatoms. The fourth-order valence-corrected chi connectivity index (χ4v) is 11.5. The monoisotopic (exact) mass is 729 g/mol. The van der Waals surface area contributed by atoms with Crippen LogP contribution >= 0.6 is 0 Å². The summed E-state index contributed by atoms with van der Waals surface area (Å²) in [5, 5.41) is 11.8. The summed E-state index contributed by atoms with van der Waals surface area (Å²) < 4.78 is 46.5. The first kappa shape index (κ1) is 38.5. The summed E-state index contributed by atoms with van der Waals surface area (Å²) in [7, 11) is -1.74. The van der Waals surface area contributed by atoms with Gasteiger partial charge in [-0.2, -0.15) is 0 Å². The molecule has 4 aromatic rings. The fraction of sp³-hybridized carbons (Fsp3) is 0.366. The smallest absolute Gasteiger partial charge is 0.407 e. The molecule has 1 amide bonds. The van der Waals surface area contributed by atoms with E-state index in [4.69, 9.17) is 23.4 Å². The van der Waals surface area contributed by atoms with Crippen LogP contribution in [-0.2, 0) is 20.5 Å². The third-order valence-electron chi connectivity index (χ3n) is 9.41. The average molecular weight is 730 g/mol. The van der Waals surface area contributed by atoms with E-state index in [1.165, 1.54) is 18.1 Å². The SMILES string of the molecule is COC(=O)c1c(OC[C@H]2C[C@H](OCc3ccccc3)CN2C(=O)O)cc(C)c(F)c1O[C@H](C)CO[Si](c1ccccc1)(c1ccccc1)C(C)(C)C. The molecule has 0 aliphatic carbocycles. The standard InChI is InChI=1S/C41H48FNO8Si/c1-28-22-35(49-27-31-23-32(24-43(31)40(45)46)48-26-30-16-10-7-11-17-30)36(39(44)47-6)38(37(28)42)51-29(2)25-50-52(41(3,4)5,33-18-12-8-13-19-33)34-20-14-9-15-21-34/h7-22,29,31-32H,23-27H2,1-6H3,(H,45,46)/t29-,31-,32+/m1/s1. The second kappa shape index (κ2) is 16.7. The quantitative estimate of drug-likeness (QED) is 0.110. The van der Waals surface area contributed by atoms with E-state index in [0.29, 0.717) is 13.0 Å². The summed E-state index contributed by atoms with van der Waals surface area (Å²) in [6, 6.07) is 30.8. The number of likely N-dealkylation sites (tertiary alicyclic amines) is 1. The highest BCUT2D eigenvalue weighted by Crippen LogP contribution is 2.39. The first-order valence-electron chi connectivity index (χ1n) is 17.5. The Bertz CT molecular complexity index is 1760. The Kier molecular flexibility index (Phi) is 12.4. The number of nitrogens with zero attached hydrogens (tertiary/aromatic N) is 1. The number of aryl methyl sites for hydroxylation is 1. The Hall–Kier alpha value is -4.71. The van der Waals surface area contributed by atoms with Crippen molar-refractivity contribution in [3.63, 3.8) is 0 Å². The molecule has 1 N–H and O–H groups in total. The van der Waals surface area contributed by atoms with Gasteiger partial charge < -0.3 is 28.5 Å². The highest BCUT2D eigenvalue weighted by Gasteiger charge is 2.50. The van der Waals surface area contributed by atoms with Crippen molar-refractivity contribution < 1.29 is 42.5 Å². The van der Waals surface area contributed by atoms with Gasteiger partial charge in [0.1, 0.15) is 24.0 Å². The molecule has 0 unspecified atom stereocenters. The summed E-state index contributed by atoms with van der Waals surface area (Å²) in [6.07, 6.45) is -1.78. The van der Waals surface area contributed by atoms with Gasteiger partial charge in [-0.05, 0) is 52.9 Å². The number of carboxylic acid groups (broad SMARTS) is 1. The van der Waals surface area contributed by atoms with Crippen LogP contribution < -0.4 is 19.8 Å². The van der Waals surface area contributed by atoms with Crippen molar-refractivity contribution in [2.45, 2.75) is 70.9 Å². The van der Waals surface area contributed by atoms with Gasteiger partial charge in [0.15, 0.2) is 11.6 Å². The number of carbonyl (C=O) groups excluding carboxylic acids is 1.